The van der Waals surface area contributed by atoms with Crippen molar-refractivity contribution in [2.24, 2.45) is 7.05 Å². The lowest BCUT2D eigenvalue weighted by molar-refractivity contribution is 0.0942. The van der Waals surface area contributed by atoms with Crippen LogP contribution < -0.4 is 5.32 Å². The average molecular weight is 482 g/mol. The molecule has 0 unspecified atom stereocenters. The van der Waals surface area contributed by atoms with Gasteiger partial charge in [-0.3, -0.25) is 14.6 Å². The number of carbonyl (C=O) groups is 1. The molecular formula is C26H23N7OS. The van der Waals surface area contributed by atoms with Gasteiger partial charge in [-0.2, -0.15) is 15.5 Å². The molecule has 2 aromatic carbocycles. The molecule has 1 saturated carbocycles. The first-order valence-corrected chi connectivity index (χ1v) is 12.3. The number of benzene rings is 2. The molecule has 35 heavy (non-hydrogen) atoms. The summed E-state index contributed by atoms with van der Waals surface area (Å²) in [5.41, 5.74) is 5.04. The summed E-state index contributed by atoms with van der Waals surface area (Å²) in [6.07, 6.45) is 5.93. The van der Waals surface area contributed by atoms with Gasteiger partial charge in [0, 0.05) is 39.8 Å². The molecule has 1 aliphatic carbocycles. The molecule has 9 heteroatoms. The van der Waals surface area contributed by atoms with Crippen molar-refractivity contribution in [1.82, 2.24) is 29.9 Å². The molecule has 0 atom stereocenters. The summed E-state index contributed by atoms with van der Waals surface area (Å²) in [7, 11) is 1.90. The zero-order valence-electron chi connectivity index (χ0n) is 19.4. The summed E-state index contributed by atoms with van der Waals surface area (Å²) in [5.74, 6) is -0.125. The number of fused-ring (bicyclic) bond motifs is 2. The highest BCUT2D eigenvalue weighted by Gasteiger charge is 2.27. The topological polar surface area (TPSA) is 104 Å². The molecule has 0 aliphatic heterocycles. The Morgan fingerprint density at radius 3 is 2.91 bits per heavy atom. The third kappa shape index (κ3) is 3.76. The molecule has 0 radical (unpaired) electrons. The number of H-pyrrole nitrogens is 1. The molecule has 0 saturated heterocycles. The lowest BCUT2D eigenvalue weighted by atomic mass is 10.1. The minimum atomic E-state index is -0.125. The molecule has 5 aromatic rings. The van der Waals surface area contributed by atoms with E-state index >= 15 is 0 Å². The smallest absolute Gasteiger partial charge is 0.268 e. The summed E-state index contributed by atoms with van der Waals surface area (Å²) < 4.78 is 4.01. The number of para-hydroxylation sites is 1. The summed E-state index contributed by atoms with van der Waals surface area (Å²) >= 11 is 1.54. The van der Waals surface area contributed by atoms with Crippen molar-refractivity contribution in [3.05, 3.63) is 71.3 Å². The van der Waals surface area contributed by atoms with Gasteiger partial charge in [0.2, 0.25) is 0 Å². The van der Waals surface area contributed by atoms with E-state index in [0.29, 0.717) is 23.8 Å². The Balaban J connectivity index is 1.24. The predicted octanol–water partition coefficient (Wildman–Crippen LogP) is 4.85. The van der Waals surface area contributed by atoms with E-state index in [-0.39, 0.29) is 5.91 Å². The Hall–Kier alpha value is -4.03. The first-order valence-electron chi connectivity index (χ1n) is 11.5. The van der Waals surface area contributed by atoms with E-state index in [1.54, 1.807) is 6.20 Å². The fourth-order valence-corrected chi connectivity index (χ4v) is 5.55. The van der Waals surface area contributed by atoms with Crippen LogP contribution in [0.1, 0.15) is 46.2 Å². The lowest BCUT2D eigenvalue weighted by Crippen LogP contribution is -2.25. The second kappa shape index (κ2) is 8.32. The molecule has 8 nitrogen and oxygen atoms in total. The number of nitriles is 1. The highest BCUT2D eigenvalue weighted by atomic mass is 32.2. The minimum absolute atomic E-state index is 0.125. The Morgan fingerprint density at radius 1 is 1.26 bits per heavy atom. The number of nitrogens with one attached hydrogen (secondary N) is 2. The van der Waals surface area contributed by atoms with Crippen molar-refractivity contribution in [3.8, 4) is 6.07 Å². The van der Waals surface area contributed by atoms with Crippen molar-refractivity contribution < 1.29 is 4.79 Å². The van der Waals surface area contributed by atoms with Gasteiger partial charge in [-0.25, -0.2) is 0 Å². The van der Waals surface area contributed by atoms with Crippen LogP contribution in [0.3, 0.4) is 0 Å². The molecule has 1 fully saturated rings. The van der Waals surface area contributed by atoms with E-state index in [0.717, 1.165) is 55.7 Å². The Bertz CT molecular complexity index is 1650. The third-order valence-electron chi connectivity index (χ3n) is 6.63. The number of nitrogens with zero attached hydrogens (tertiary/aromatic N) is 5. The van der Waals surface area contributed by atoms with E-state index in [1.165, 1.54) is 11.8 Å². The summed E-state index contributed by atoms with van der Waals surface area (Å²) in [6.45, 7) is 2.43. The average Bonchev–Trinajstić information content (AvgIpc) is 3.31. The summed E-state index contributed by atoms with van der Waals surface area (Å²) in [5, 5.41) is 26.1. The maximum absolute atomic E-state index is 13.2. The van der Waals surface area contributed by atoms with Gasteiger partial charge < -0.3 is 9.88 Å². The van der Waals surface area contributed by atoms with E-state index in [9.17, 15) is 10.1 Å². The SMILES string of the molecule is Cc1c(Sc2cc(C#N)c3[nH]ncc3c2)cc(C(=O)NCc2cccc3cnn(C4CC4)c23)n1C. The molecule has 3 heterocycles. The molecule has 2 N–H and O–H groups in total. The van der Waals surface area contributed by atoms with E-state index in [1.807, 2.05) is 49.0 Å². The van der Waals surface area contributed by atoms with Gasteiger partial charge in [-0.15, -0.1) is 0 Å². The first-order chi connectivity index (χ1) is 17.0. The molecule has 1 aliphatic rings. The van der Waals surface area contributed by atoms with Crippen LogP contribution in [-0.4, -0.2) is 30.5 Å². The summed E-state index contributed by atoms with van der Waals surface area (Å²) in [6, 6.07) is 14.6. The zero-order chi connectivity index (χ0) is 24.1. The fraction of sp³-hybridized carbons (Fsp3) is 0.231. The van der Waals surface area contributed by atoms with Crippen LogP contribution in [0.2, 0.25) is 0 Å². The van der Waals surface area contributed by atoms with Crippen molar-refractivity contribution in [1.29, 1.82) is 5.26 Å². The van der Waals surface area contributed by atoms with Crippen LogP contribution in [0.25, 0.3) is 21.8 Å². The van der Waals surface area contributed by atoms with E-state index in [2.05, 4.69) is 43.5 Å². The van der Waals surface area contributed by atoms with Crippen LogP contribution in [0, 0.1) is 18.3 Å². The van der Waals surface area contributed by atoms with Gasteiger partial charge in [0.15, 0.2) is 0 Å². The van der Waals surface area contributed by atoms with Gasteiger partial charge in [0.1, 0.15) is 11.8 Å². The minimum Gasteiger partial charge on any atom is -0.347 e. The molecule has 3 aromatic heterocycles. The maximum atomic E-state index is 13.2. The van der Waals surface area contributed by atoms with Gasteiger partial charge >= 0.3 is 0 Å². The number of hydrogen-bond acceptors (Lipinski definition) is 5. The number of carbonyl (C=O) groups excluding carboxylic acids is 1. The normalized spacial score (nSPS) is 13.4. The molecular weight excluding hydrogens is 458 g/mol. The van der Waals surface area contributed by atoms with Crippen molar-refractivity contribution in [2.75, 3.05) is 0 Å². The monoisotopic (exact) mass is 481 g/mol. The second-order valence-electron chi connectivity index (χ2n) is 8.92. The maximum Gasteiger partial charge on any atom is 0.268 e. The molecule has 174 valence electrons. The Labute approximate surface area is 205 Å². The zero-order valence-corrected chi connectivity index (χ0v) is 20.2. The number of aromatic nitrogens is 5. The van der Waals surface area contributed by atoms with Gasteiger partial charge in [0.25, 0.3) is 5.91 Å². The molecule has 0 bridgehead atoms. The fourth-order valence-electron chi connectivity index (χ4n) is 4.48. The Morgan fingerprint density at radius 2 is 2.11 bits per heavy atom. The van der Waals surface area contributed by atoms with E-state index < -0.39 is 0 Å². The van der Waals surface area contributed by atoms with Crippen LogP contribution in [0.15, 0.2) is 58.6 Å². The Kier molecular flexibility index (Phi) is 5.11. The van der Waals surface area contributed by atoms with Crippen LogP contribution in [0.4, 0.5) is 0 Å². The first kappa shape index (κ1) is 21.5. The van der Waals surface area contributed by atoms with Gasteiger partial charge in [-0.05, 0) is 43.5 Å². The quantitative estimate of drug-likeness (QED) is 0.361. The highest BCUT2D eigenvalue weighted by Crippen LogP contribution is 2.38. The number of aromatic amines is 1. The predicted molar refractivity (Wildman–Crippen MR) is 134 cm³/mol. The lowest BCUT2D eigenvalue weighted by Gasteiger charge is -2.10. The molecule has 1 amide bonds. The van der Waals surface area contributed by atoms with Crippen molar-refractivity contribution >= 4 is 39.5 Å². The second-order valence-corrected chi connectivity index (χ2v) is 10.0. The third-order valence-corrected chi connectivity index (χ3v) is 7.73. The largest absolute Gasteiger partial charge is 0.347 e. The summed E-state index contributed by atoms with van der Waals surface area (Å²) in [4.78, 5) is 15.1. The molecule has 0 spiro atoms. The van der Waals surface area contributed by atoms with Gasteiger partial charge in [-0.1, -0.05) is 30.0 Å². The standard InChI is InChI=1S/C26H23N7OS/c1-15-23(35-21-8-18(11-27)24-19(9-21)13-29-31-24)10-22(32(15)2)26(34)28-12-16-4-3-5-17-14-30-33(25(16)17)20-6-7-20/h3-5,8-10,13-14,20H,6-7,12H2,1-2H3,(H,28,34)(H,29,31). The van der Waals surface area contributed by atoms with Gasteiger partial charge in [0.05, 0.1) is 35.0 Å². The number of amides is 1. The van der Waals surface area contributed by atoms with E-state index in [4.69, 9.17) is 0 Å². The number of hydrogen-bond donors (Lipinski definition) is 2. The van der Waals surface area contributed by atoms with Crippen LogP contribution in [0.5, 0.6) is 0 Å². The van der Waals surface area contributed by atoms with Crippen molar-refractivity contribution in [3.63, 3.8) is 0 Å². The van der Waals surface area contributed by atoms with Crippen LogP contribution in [-0.2, 0) is 13.6 Å². The van der Waals surface area contributed by atoms with Crippen LogP contribution >= 0.6 is 11.8 Å². The van der Waals surface area contributed by atoms with Crippen molar-refractivity contribution in [2.45, 2.75) is 42.1 Å². The molecule has 6 rings (SSSR count). The highest BCUT2D eigenvalue weighted by molar-refractivity contribution is 7.99. The number of rotatable bonds is 6.